The zero-order valence-electron chi connectivity index (χ0n) is 16.1. The molecule has 2 aromatic rings. The van der Waals surface area contributed by atoms with Gasteiger partial charge in [-0.15, -0.1) is 23.2 Å². The first-order chi connectivity index (χ1) is 14.6. The minimum atomic E-state index is -1.07. The second kappa shape index (κ2) is 9.65. The molecule has 11 heteroatoms. The van der Waals surface area contributed by atoms with Crippen molar-refractivity contribution in [3.63, 3.8) is 0 Å². The fraction of sp³-hybridized carbons (Fsp3) is 0.250. The van der Waals surface area contributed by atoms with Gasteiger partial charge in [0.2, 0.25) is 11.8 Å². The van der Waals surface area contributed by atoms with Crippen molar-refractivity contribution >= 4 is 81.3 Å². The molecule has 0 heterocycles. The summed E-state index contributed by atoms with van der Waals surface area (Å²) in [6, 6.07) is 8.23. The van der Waals surface area contributed by atoms with Gasteiger partial charge in [-0.25, -0.2) is 4.39 Å². The molecule has 164 valence electrons. The second-order valence-electron chi connectivity index (χ2n) is 6.83. The van der Waals surface area contributed by atoms with Crippen LogP contribution in [0, 0.1) is 11.7 Å². The smallest absolute Gasteiger partial charge is 0.257 e. The van der Waals surface area contributed by atoms with Gasteiger partial charge in [-0.2, -0.15) is 11.8 Å². The molecule has 1 saturated carbocycles. The maximum Gasteiger partial charge on any atom is 0.257 e. The fourth-order valence-corrected chi connectivity index (χ4v) is 3.76. The first kappa shape index (κ1) is 23.7. The van der Waals surface area contributed by atoms with Gasteiger partial charge in [-0.05, 0) is 49.1 Å². The average Bonchev–Trinajstić information content (AvgIpc) is 3.34. The lowest BCUT2D eigenvalue weighted by Gasteiger charge is -2.12. The van der Waals surface area contributed by atoms with E-state index in [-0.39, 0.29) is 39.5 Å². The van der Waals surface area contributed by atoms with Gasteiger partial charge in [0.25, 0.3) is 5.91 Å². The molecule has 1 atom stereocenters. The Hall–Kier alpha value is -2.00. The summed E-state index contributed by atoms with van der Waals surface area (Å²) >= 11 is 19.2. The van der Waals surface area contributed by atoms with E-state index >= 15 is 0 Å². The van der Waals surface area contributed by atoms with E-state index in [1.165, 1.54) is 42.1 Å². The number of nitrogens with one attached hydrogen (secondary N) is 3. The van der Waals surface area contributed by atoms with Crippen LogP contribution in [0.2, 0.25) is 5.02 Å². The van der Waals surface area contributed by atoms with Gasteiger partial charge < -0.3 is 16.0 Å². The average molecular weight is 505 g/mol. The summed E-state index contributed by atoms with van der Waals surface area (Å²) in [7, 11) is 0. The SMILES string of the molecule is CSCC(=O)Nc1ccc(NC(=O)c2cc(NC(=O)C3CC3(Cl)Cl)ccc2Cl)c(F)c1. The van der Waals surface area contributed by atoms with Gasteiger partial charge in [0.05, 0.1) is 27.9 Å². The largest absolute Gasteiger partial charge is 0.326 e. The van der Waals surface area contributed by atoms with Crippen LogP contribution < -0.4 is 16.0 Å². The van der Waals surface area contributed by atoms with Crippen LogP contribution in [0.5, 0.6) is 0 Å². The van der Waals surface area contributed by atoms with E-state index in [1.54, 1.807) is 6.26 Å². The predicted octanol–water partition coefficient (Wildman–Crippen LogP) is 5.17. The zero-order chi connectivity index (χ0) is 22.8. The number of carbonyl (C=O) groups is 3. The minimum Gasteiger partial charge on any atom is -0.326 e. The summed E-state index contributed by atoms with van der Waals surface area (Å²) in [4.78, 5) is 36.4. The first-order valence-electron chi connectivity index (χ1n) is 8.98. The van der Waals surface area contributed by atoms with Crippen molar-refractivity contribution in [1.29, 1.82) is 0 Å². The van der Waals surface area contributed by atoms with Crippen LogP contribution in [0.3, 0.4) is 0 Å². The fourth-order valence-electron chi connectivity index (χ4n) is 2.72. The number of benzene rings is 2. The van der Waals surface area contributed by atoms with Crippen LogP contribution in [0.15, 0.2) is 36.4 Å². The van der Waals surface area contributed by atoms with Gasteiger partial charge in [0.15, 0.2) is 0 Å². The molecule has 1 unspecified atom stereocenters. The van der Waals surface area contributed by atoms with Crippen LogP contribution in [-0.4, -0.2) is 34.1 Å². The topological polar surface area (TPSA) is 87.3 Å². The number of halogens is 4. The summed E-state index contributed by atoms with van der Waals surface area (Å²) in [5.41, 5.74) is 0.537. The lowest BCUT2D eigenvalue weighted by molar-refractivity contribution is -0.117. The van der Waals surface area contributed by atoms with E-state index in [0.717, 1.165) is 6.07 Å². The van der Waals surface area contributed by atoms with Crippen molar-refractivity contribution in [3.05, 3.63) is 52.8 Å². The van der Waals surface area contributed by atoms with E-state index in [4.69, 9.17) is 34.8 Å². The van der Waals surface area contributed by atoms with Gasteiger partial charge in [-0.3, -0.25) is 14.4 Å². The molecule has 6 nitrogen and oxygen atoms in total. The number of thioether (sulfide) groups is 1. The lowest BCUT2D eigenvalue weighted by Crippen LogP contribution is -2.18. The zero-order valence-corrected chi connectivity index (χ0v) is 19.2. The molecule has 0 saturated heterocycles. The van der Waals surface area contributed by atoms with E-state index in [9.17, 15) is 18.8 Å². The molecule has 0 aliphatic heterocycles. The third kappa shape index (κ3) is 6.04. The number of alkyl halides is 2. The maximum absolute atomic E-state index is 14.4. The summed E-state index contributed by atoms with van der Waals surface area (Å²) in [5.74, 6) is -2.33. The number of amides is 3. The molecule has 1 aliphatic rings. The molecule has 0 spiro atoms. The van der Waals surface area contributed by atoms with E-state index < -0.39 is 22.0 Å². The predicted molar refractivity (Wildman–Crippen MR) is 124 cm³/mol. The number of hydrogen-bond acceptors (Lipinski definition) is 4. The lowest BCUT2D eigenvalue weighted by atomic mass is 10.1. The monoisotopic (exact) mass is 503 g/mol. The molecule has 31 heavy (non-hydrogen) atoms. The van der Waals surface area contributed by atoms with Crippen LogP contribution in [0.1, 0.15) is 16.8 Å². The van der Waals surface area contributed by atoms with E-state index in [0.29, 0.717) is 12.1 Å². The van der Waals surface area contributed by atoms with Crippen LogP contribution in [0.4, 0.5) is 21.5 Å². The third-order valence-electron chi connectivity index (χ3n) is 4.40. The Labute approximate surface area is 197 Å². The molecule has 3 rings (SSSR count). The van der Waals surface area contributed by atoms with Crippen molar-refractivity contribution < 1.29 is 18.8 Å². The standard InChI is InChI=1S/C20H17Cl3FN3O3S/c1-31-9-17(28)25-11-3-5-16(15(24)7-11)27-18(29)12-6-10(2-4-14(12)21)26-19(30)13-8-20(13,22)23/h2-7,13H,8-9H2,1H3,(H,25,28)(H,26,30)(H,27,29). The third-order valence-corrected chi connectivity index (χ3v) is 6.11. The molecule has 0 radical (unpaired) electrons. The van der Waals surface area contributed by atoms with Crippen LogP contribution in [0.25, 0.3) is 0 Å². The van der Waals surface area contributed by atoms with Gasteiger partial charge >= 0.3 is 0 Å². The molecule has 3 amide bonds. The Morgan fingerprint density at radius 1 is 1.10 bits per heavy atom. The number of rotatable bonds is 7. The highest BCUT2D eigenvalue weighted by molar-refractivity contribution is 7.99. The second-order valence-corrected chi connectivity index (χ2v) is 9.65. The Morgan fingerprint density at radius 2 is 1.74 bits per heavy atom. The van der Waals surface area contributed by atoms with Crippen molar-refractivity contribution in [2.45, 2.75) is 10.8 Å². The molecule has 3 N–H and O–H groups in total. The Bertz CT molecular complexity index is 1050. The van der Waals surface area contributed by atoms with Gasteiger partial charge in [-0.1, -0.05) is 11.6 Å². The Kier molecular flexibility index (Phi) is 7.36. The summed E-state index contributed by atoms with van der Waals surface area (Å²) in [6.07, 6.45) is 2.12. The highest BCUT2D eigenvalue weighted by atomic mass is 35.5. The summed E-state index contributed by atoms with van der Waals surface area (Å²) < 4.78 is 13.3. The van der Waals surface area contributed by atoms with Crippen molar-refractivity contribution in [2.75, 3.05) is 28.0 Å². The van der Waals surface area contributed by atoms with Crippen molar-refractivity contribution in [1.82, 2.24) is 0 Å². The highest BCUT2D eigenvalue weighted by Crippen LogP contribution is 2.53. The Balaban J connectivity index is 1.70. The molecule has 1 fully saturated rings. The molecular weight excluding hydrogens is 488 g/mol. The van der Waals surface area contributed by atoms with Crippen molar-refractivity contribution in [3.8, 4) is 0 Å². The van der Waals surface area contributed by atoms with Crippen LogP contribution in [-0.2, 0) is 9.59 Å². The quantitative estimate of drug-likeness (QED) is 0.454. The van der Waals surface area contributed by atoms with E-state index in [2.05, 4.69) is 16.0 Å². The Morgan fingerprint density at radius 3 is 2.35 bits per heavy atom. The molecule has 2 aromatic carbocycles. The van der Waals surface area contributed by atoms with Crippen molar-refractivity contribution in [2.24, 2.45) is 5.92 Å². The van der Waals surface area contributed by atoms with E-state index in [1.807, 2.05) is 0 Å². The van der Waals surface area contributed by atoms with Gasteiger partial charge in [0.1, 0.15) is 10.2 Å². The number of hydrogen-bond donors (Lipinski definition) is 3. The molecule has 1 aliphatic carbocycles. The number of carbonyl (C=O) groups excluding carboxylic acids is 3. The molecule has 0 aromatic heterocycles. The number of anilines is 3. The normalized spacial score (nSPS) is 16.4. The summed E-state index contributed by atoms with van der Waals surface area (Å²) in [6.45, 7) is 0. The van der Waals surface area contributed by atoms with Crippen LogP contribution >= 0.6 is 46.6 Å². The minimum absolute atomic E-state index is 0.0371. The highest BCUT2D eigenvalue weighted by Gasteiger charge is 2.56. The molecular formula is C20H17Cl3FN3O3S. The summed E-state index contributed by atoms with van der Waals surface area (Å²) in [5, 5.41) is 7.74. The van der Waals surface area contributed by atoms with Gasteiger partial charge in [0, 0.05) is 11.4 Å². The molecule has 0 bridgehead atoms. The maximum atomic E-state index is 14.4. The first-order valence-corrected chi connectivity index (χ1v) is 11.5.